The lowest BCUT2D eigenvalue weighted by Crippen LogP contribution is -2.39. The van der Waals surface area contributed by atoms with E-state index in [2.05, 4.69) is 11.0 Å². The zero-order valence-corrected chi connectivity index (χ0v) is 11.7. The predicted molar refractivity (Wildman–Crippen MR) is 74.5 cm³/mol. The highest BCUT2D eigenvalue weighted by Crippen LogP contribution is 2.13. The molecule has 1 N–H and O–H groups in total. The van der Waals surface area contributed by atoms with Crippen LogP contribution in [-0.2, 0) is 4.74 Å². The van der Waals surface area contributed by atoms with Gasteiger partial charge in [-0.15, -0.1) is 0 Å². The number of nitrogens with zero attached hydrogens (tertiary/aromatic N) is 2. The van der Waals surface area contributed by atoms with E-state index in [1.807, 2.05) is 7.05 Å². The summed E-state index contributed by atoms with van der Waals surface area (Å²) < 4.78 is 10.8. The summed E-state index contributed by atoms with van der Waals surface area (Å²) in [5.41, 5.74) is 0.596. The van der Waals surface area contributed by atoms with Gasteiger partial charge in [0.15, 0.2) is 0 Å². The summed E-state index contributed by atoms with van der Waals surface area (Å²) >= 11 is 0. The number of nitriles is 1. The Morgan fingerprint density at radius 2 is 2.25 bits per heavy atom. The topological polar surface area (TPSA) is 65.7 Å². The maximum atomic E-state index is 9.98. The quantitative estimate of drug-likeness (QED) is 0.840. The molecule has 0 amide bonds. The third-order valence-corrected chi connectivity index (χ3v) is 3.45. The molecular formula is C15H20N2O3. The smallest absolute Gasteiger partial charge is 0.119 e. The Morgan fingerprint density at radius 3 is 2.85 bits per heavy atom. The van der Waals surface area contributed by atoms with E-state index >= 15 is 0 Å². The molecule has 20 heavy (non-hydrogen) atoms. The van der Waals surface area contributed by atoms with Crippen molar-refractivity contribution < 1.29 is 14.6 Å². The molecule has 0 bridgehead atoms. The molecule has 1 aliphatic rings. The summed E-state index contributed by atoms with van der Waals surface area (Å²) in [4.78, 5) is 2.11. The molecule has 2 atom stereocenters. The van der Waals surface area contributed by atoms with E-state index in [0.29, 0.717) is 23.9 Å². The molecule has 108 valence electrons. The first-order valence-electron chi connectivity index (χ1n) is 6.78. The molecule has 1 heterocycles. The normalized spacial score (nSPS) is 19.8. The average Bonchev–Trinajstić information content (AvgIpc) is 3.00. The molecule has 1 aromatic rings. The van der Waals surface area contributed by atoms with E-state index in [9.17, 15) is 5.11 Å². The van der Waals surface area contributed by atoms with Crippen molar-refractivity contribution in [2.45, 2.75) is 18.6 Å². The van der Waals surface area contributed by atoms with Gasteiger partial charge in [-0.3, -0.25) is 4.90 Å². The Morgan fingerprint density at radius 1 is 1.50 bits per heavy atom. The molecule has 0 saturated carbocycles. The summed E-state index contributed by atoms with van der Waals surface area (Å²) in [6.07, 6.45) is 0.468. The standard InChI is InChI=1S/C15H20N2O3/c1-17(13-6-7-19-10-13)9-14(18)11-20-15-4-2-12(8-16)3-5-15/h2-5,13-14,18H,6-7,9-11H2,1H3. The number of rotatable bonds is 6. The fourth-order valence-electron chi connectivity index (χ4n) is 2.22. The van der Waals surface area contributed by atoms with Crippen LogP contribution in [0.1, 0.15) is 12.0 Å². The minimum absolute atomic E-state index is 0.240. The minimum atomic E-state index is -0.545. The Bertz CT molecular complexity index is 449. The molecule has 1 saturated heterocycles. The van der Waals surface area contributed by atoms with Crippen molar-refractivity contribution in [3.8, 4) is 11.8 Å². The highest BCUT2D eigenvalue weighted by atomic mass is 16.5. The molecule has 1 aromatic carbocycles. The predicted octanol–water partition coefficient (Wildman–Crippen LogP) is 1.02. The van der Waals surface area contributed by atoms with Gasteiger partial charge in [0.1, 0.15) is 18.5 Å². The van der Waals surface area contributed by atoms with Gasteiger partial charge < -0.3 is 14.6 Å². The van der Waals surface area contributed by atoms with Gasteiger partial charge in [-0.1, -0.05) is 0 Å². The van der Waals surface area contributed by atoms with Gasteiger partial charge in [-0.25, -0.2) is 0 Å². The third-order valence-electron chi connectivity index (χ3n) is 3.45. The Labute approximate surface area is 119 Å². The maximum Gasteiger partial charge on any atom is 0.119 e. The second kappa shape index (κ2) is 7.25. The van der Waals surface area contributed by atoms with Crippen molar-refractivity contribution in [2.75, 3.05) is 33.4 Å². The van der Waals surface area contributed by atoms with E-state index in [1.54, 1.807) is 24.3 Å². The molecule has 5 heteroatoms. The lowest BCUT2D eigenvalue weighted by atomic mass is 10.2. The highest BCUT2D eigenvalue weighted by molar-refractivity contribution is 5.34. The van der Waals surface area contributed by atoms with Gasteiger partial charge >= 0.3 is 0 Å². The van der Waals surface area contributed by atoms with Crippen LogP contribution in [0.5, 0.6) is 5.75 Å². The highest BCUT2D eigenvalue weighted by Gasteiger charge is 2.22. The van der Waals surface area contributed by atoms with E-state index in [0.717, 1.165) is 19.6 Å². The first-order valence-corrected chi connectivity index (χ1v) is 6.78. The van der Waals surface area contributed by atoms with Crippen molar-refractivity contribution in [2.24, 2.45) is 0 Å². The van der Waals surface area contributed by atoms with Crippen LogP contribution >= 0.6 is 0 Å². The fraction of sp³-hybridized carbons (Fsp3) is 0.533. The number of aliphatic hydroxyl groups is 1. The molecule has 0 aromatic heterocycles. The van der Waals surface area contributed by atoms with E-state index in [4.69, 9.17) is 14.7 Å². The number of benzene rings is 1. The first kappa shape index (κ1) is 14.8. The molecule has 0 radical (unpaired) electrons. The molecule has 5 nitrogen and oxygen atoms in total. The summed E-state index contributed by atoms with van der Waals surface area (Å²) in [5, 5.41) is 18.7. The molecule has 2 unspecified atom stereocenters. The van der Waals surface area contributed by atoms with E-state index in [1.165, 1.54) is 0 Å². The number of likely N-dealkylation sites (N-methyl/N-ethyl adjacent to an activating group) is 1. The average molecular weight is 276 g/mol. The molecular weight excluding hydrogens is 256 g/mol. The lowest BCUT2D eigenvalue weighted by molar-refractivity contribution is 0.0597. The number of ether oxygens (including phenoxy) is 2. The van der Waals surface area contributed by atoms with Crippen LogP contribution in [-0.4, -0.2) is 55.6 Å². The zero-order valence-electron chi connectivity index (χ0n) is 11.7. The Balaban J connectivity index is 1.73. The summed E-state index contributed by atoms with van der Waals surface area (Å²) in [5.74, 6) is 0.662. The number of hydrogen-bond donors (Lipinski definition) is 1. The largest absolute Gasteiger partial charge is 0.491 e. The molecule has 0 aliphatic carbocycles. The summed E-state index contributed by atoms with van der Waals surface area (Å²) in [6.45, 7) is 2.33. The van der Waals surface area contributed by atoms with Crippen molar-refractivity contribution in [1.29, 1.82) is 5.26 Å². The van der Waals surface area contributed by atoms with E-state index in [-0.39, 0.29) is 6.61 Å². The van der Waals surface area contributed by atoms with Gasteiger partial charge in [0.05, 0.1) is 18.2 Å². The van der Waals surface area contributed by atoms with Crippen molar-refractivity contribution in [3.63, 3.8) is 0 Å². The van der Waals surface area contributed by atoms with Crippen LogP contribution in [0, 0.1) is 11.3 Å². The Hall–Kier alpha value is -1.61. The number of hydrogen-bond acceptors (Lipinski definition) is 5. The van der Waals surface area contributed by atoms with Crippen LogP contribution in [0.25, 0.3) is 0 Å². The van der Waals surface area contributed by atoms with Crippen molar-refractivity contribution in [3.05, 3.63) is 29.8 Å². The van der Waals surface area contributed by atoms with Gasteiger partial charge in [-0.2, -0.15) is 5.26 Å². The summed E-state index contributed by atoms with van der Waals surface area (Å²) in [7, 11) is 1.99. The summed E-state index contributed by atoms with van der Waals surface area (Å²) in [6, 6.07) is 9.31. The first-order chi connectivity index (χ1) is 9.69. The van der Waals surface area contributed by atoms with Crippen molar-refractivity contribution in [1.82, 2.24) is 4.90 Å². The van der Waals surface area contributed by atoms with E-state index < -0.39 is 6.10 Å². The van der Waals surface area contributed by atoms with Crippen LogP contribution in [0.15, 0.2) is 24.3 Å². The number of aliphatic hydroxyl groups excluding tert-OH is 1. The van der Waals surface area contributed by atoms with Crippen LogP contribution < -0.4 is 4.74 Å². The SMILES string of the molecule is CN(CC(O)COc1ccc(C#N)cc1)C1CCOC1. The zero-order chi connectivity index (χ0) is 14.4. The monoisotopic (exact) mass is 276 g/mol. The van der Waals surface area contributed by atoms with Crippen molar-refractivity contribution >= 4 is 0 Å². The second-order valence-electron chi connectivity index (χ2n) is 5.06. The Kier molecular flexibility index (Phi) is 5.36. The van der Waals surface area contributed by atoms with Crippen LogP contribution in [0.2, 0.25) is 0 Å². The fourth-order valence-corrected chi connectivity index (χ4v) is 2.22. The van der Waals surface area contributed by atoms with Gasteiger partial charge in [0.2, 0.25) is 0 Å². The van der Waals surface area contributed by atoms with Crippen LogP contribution in [0.4, 0.5) is 0 Å². The van der Waals surface area contributed by atoms with Gasteiger partial charge in [0, 0.05) is 19.2 Å². The maximum absolute atomic E-state index is 9.98. The molecule has 0 spiro atoms. The second-order valence-corrected chi connectivity index (χ2v) is 5.06. The third kappa shape index (κ3) is 4.20. The minimum Gasteiger partial charge on any atom is -0.491 e. The van der Waals surface area contributed by atoms with Gasteiger partial charge in [-0.05, 0) is 37.7 Å². The van der Waals surface area contributed by atoms with Crippen LogP contribution in [0.3, 0.4) is 0 Å². The molecule has 1 aliphatic heterocycles. The van der Waals surface area contributed by atoms with Gasteiger partial charge in [0.25, 0.3) is 0 Å². The molecule has 1 fully saturated rings. The lowest BCUT2D eigenvalue weighted by Gasteiger charge is -2.25. The molecule has 2 rings (SSSR count).